The summed E-state index contributed by atoms with van der Waals surface area (Å²) in [7, 11) is -3.49. The second-order valence-electron chi connectivity index (χ2n) is 11.2. The van der Waals surface area contributed by atoms with Crippen LogP contribution in [-0.4, -0.2) is 52.6 Å². The van der Waals surface area contributed by atoms with Gasteiger partial charge in [-0.1, -0.05) is 58.0 Å². The normalized spacial score (nSPS) is 14.4. The molecular weight excluding hydrogens is 616 g/mol. The minimum atomic E-state index is -5.35. The van der Waals surface area contributed by atoms with E-state index in [1.165, 1.54) is 42.7 Å². The average Bonchev–Trinajstić information content (AvgIpc) is 3.26. The Labute approximate surface area is 250 Å². The number of rotatable bonds is 9. The van der Waals surface area contributed by atoms with Gasteiger partial charge in [0.05, 0.1) is 28.9 Å². The first-order valence-electron chi connectivity index (χ1n) is 13.4. The van der Waals surface area contributed by atoms with Crippen molar-refractivity contribution in [2.75, 3.05) is 12.4 Å². The van der Waals surface area contributed by atoms with Gasteiger partial charge in [0.1, 0.15) is 11.5 Å². The highest BCUT2D eigenvalue weighted by Gasteiger charge is 2.46. The molecule has 0 spiro atoms. The van der Waals surface area contributed by atoms with E-state index >= 15 is 0 Å². The van der Waals surface area contributed by atoms with Crippen LogP contribution in [0.3, 0.4) is 0 Å². The lowest BCUT2D eigenvalue weighted by Crippen LogP contribution is -2.31. The maximum absolute atomic E-state index is 14.2. The van der Waals surface area contributed by atoms with E-state index in [1.54, 1.807) is 20.8 Å². The molecule has 3 N–H and O–H groups in total. The van der Waals surface area contributed by atoms with E-state index in [4.69, 9.17) is 0 Å². The number of amides is 1. The van der Waals surface area contributed by atoms with Crippen LogP contribution in [0.4, 0.5) is 26.3 Å². The Hall–Kier alpha value is -3.43. The molecular formula is C29H33F6N3O5S. The zero-order valence-corrected chi connectivity index (χ0v) is 25.3. The minimum absolute atomic E-state index is 0.0567. The summed E-state index contributed by atoms with van der Waals surface area (Å²) in [6, 6.07) is 7.06. The van der Waals surface area contributed by atoms with E-state index in [1.807, 2.05) is 0 Å². The third kappa shape index (κ3) is 7.44. The van der Waals surface area contributed by atoms with E-state index in [0.717, 1.165) is 12.1 Å². The van der Waals surface area contributed by atoms with Gasteiger partial charge in [-0.3, -0.25) is 4.79 Å². The number of halogens is 6. The fraction of sp³-hybridized carbons (Fsp3) is 0.448. The monoisotopic (exact) mass is 649 g/mol. The Morgan fingerprint density at radius 2 is 1.61 bits per heavy atom. The van der Waals surface area contributed by atoms with Crippen molar-refractivity contribution in [1.29, 1.82) is 0 Å². The largest absolute Gasteiger partial charge is 0.418 e. The van der Waals surface area contributed by atoms with Gasteiger partial charge in [-0.15, -0.1) is 0 Å². The molecule has 0 fully saturated rings. The van der Waals surface area contributed by atoms with Gasteiger partial charge in [-0.05, 0) is 30.2 Å². The Bertz CT molecular complexity index is 1610. The highest BCUT2D eigenvalue weighted by molar-refractivity contribution is 7.91. The van der Waals surface area contributed by atoms with Crippen LogP contribution >= 0.6 is 0 Å². The van der Waals surface area contributed by atoms with Gasteiger partial charge in [-0.25, -0.2) is 13.4 Å². The number of aromatic nitrogens is 2. The standard InChI is InChI=1S/C29H33F6N3O5S/c1-6-44(42,43)19-12-10-17(11-13-19)21(15-39)36-25(41)23-16(2)38(26(37-23)27(3,4)5)14-18-8-7-9-20(22(18)28(30,31)32)24(40)29(33,34)35/h7-13,21,24,39-40H,6,14-15H2,1-5H3,(H,36,41)/t21-,24?/m0/s1. The maximum Gasteiger partial charge on any atom is 0.418 e. The lowest BCUT2D eigenvalue weighted by Gasteiger charge is -2.25. The molecule has 2 aromatic carbocycles. The molecule has 3 aromatic rings. The Morgan fingerprint density at radius 3 is 2.09 bits per heavy atom. The molecule has 2 atom stereocenters. The van der Waals surface area contributed by atoms with Crippen LogP contribution in [0, 0.1) is 6.92 Å². The molecule has 1 aromatic heterocycles. The summed E-state index contributed by atoms with van der Waals surface area (Å²) in [6.07, 6.45) is -14.0. The number of imidazole rings is 1. The molecule has 0 radical (unpaired) electrons. The topological polar surface area (TPSA) is 122 Å². The molecule has 8 nitrogen and oxygen atoms in total. The first-order valence-corrected chi connectivity index (χ1v) is 15.0. The van der Waals surface area contributed by atoms with Crippen molar-refractivity contribution in [1.82, 2.24) is 14.9 Å². The Morgan fingerprint density at radius 1 is 1.02 bits per heavy atom. The minimum Gasteiger partial charge on any atom is -0.394 e. The zero-order valence-electron chi connectivity index (χ0n) is 24.5. The number of hydrogen-bond acceptors (Lipinski definition) is 6. The van der Waals surface area contributed by atoms with Crippen molar-refractivity contribution >= 4 is 15.7 Å². The summed E-state index contributed by atoms with van der Waals surface area (Å²) in [5.74, 6) is -0.763. The number of nitrogens with one attached hydrogen (secondary N) is 1. The molecule has 1 unspecified atom stereocenters. The quantitative estimate of drug-likeness (QED) is 0.267. The number of carbonyl (C=O) groups excluding carboxylic acids is 1. The van der Waals surface area contributed by atoms with Crippen LogP contribution in [0.5, 0.6) is 0 Å². The van der Waals surface area contributed by atoms with E-state index in [-0.39, 0.29) is 27.9 Å². The van der Waals surface area contributed by atoms with E-state index in [9.17, 15) is 49.8 Å². The molecule has 0 saturated carbocycles. The molecule has 0 aliphatic heterocycles. The highest BCUT2D eigenvalue weighted by atomic mass is 32.2. The molecule has 1 heterocycles. The van der Waals surface area contributed by atoms with Crippen LogP contribution in [0.2, 0.25) is 0 Å². The smallest absolute Gasteiger partial charge is 0.394 e. The number of sulfone groups is 1. The van der Waals surface area contributed by atoms with Gasteiger partial charge >= 0.3 is 12.4 Å². The van der Waals surface area contributed by atoms with Gasteiger partial charge in [0, 0.05) is 23.2 Å². The highest BCUT2D eigenvalue weighted by Crippen LogP contribution is 2.42. The summed E-state index contributed by atoms with van der Waals surface area (Å²) in [5, 5.41) is 22.3. The first kappa shape index (κ1) is 35.1. The number of carbonyl (C=O) groups is 1. The van der Waals surface area contributed by atoms with Crippen LogP contribution in [0.15, 0.2) is 47.4 Å². The predicted molar refractivity (Wildman–Crippen MR) is 149 cm³/mol. The second kappa shape index (κ2) is 12.5. The molecule has 242 valence electrons. The maximum atomic E-state index is 14.2. The van der Waals surface area contributed by atoms with Crippen molar-refractivity contribution < 1.29 is 49.8 Å². The van der Waals surface area contributed by atoms with Gasteiger partial charge in [0.25, 0.3) is 5.91 Å². The van der Waals surface area contributed by atoms with E-state index in [0.29, 0.717) is 11.6 Å². The van der Waals surface area contributed by atoms with Crippen LogP contribution < -0.4 is 5.32 Å². The third-order valence-electron chi connectivity index (χ3n) is 7.02. The molecule has 44 heavy (non-hydrogen) atoms. The van der Waals surface area contributed by atoms with Gasteiger partial charge < -0.3 is 20.1 Å². The number of hydrogen-bond donors (Lipinski definition) is 3. The molecule has 0 aliphatic rings. The molecule has 0 saturated heterocycles. The second-order valence-corrected chi connectivity index (χ2v) is 13.5. The summed E-state index contributed by atoms with van der Waals surface area (Å²) in [4.78, 5) is 17.8. The lowest BCUT2D eigenvalue weighted by molar-refractivity contribution is -0.209. The number of benzene rings is 2. The lowest BCUT2D eigenvalue weighted by atomic mass is 9.94. The summed E-state index contributed by atoms with van der Waals surface area (Å²) < 4.78 is 108. The molecule has 3 rings (SSSR count). The van der Waals surface area contributed by atoms with Crippen LogP contribution in [0.1, 0.15) is 84.1 Å². The molecule has 0 bridgehead atoms. The average molecular weight is 650 g/mol. The first-order chi connectivity index (χ1) is 20.1. The fourth-order valence-electron chi connectivity index (χ4n) is 4.72. The number of aliphatic hydroxyl groups excluding tert-OH is 2. The Balaban J connectivity index is 2.06. The predicted octanol–water partition coefficient (Wildman–Crippen LogP) is 5.41. The van der Waals surface area contributed by atoms with Gasteiger partial charge in [-0.2, -0.15) is 26.3 Å². The van der Waals surface area contributed by atoms with Crippen LogP contribution in [-0.2, 0) is 28.0 Å². The van der Waals surface area contributed by atoms with Crippen molar-refractivity contribution in [2.45, 2.75) is 76.0 Å². The van der Waals surface area contributed by atoms with Crippen molar-refractivity contribution in [3.8, 4) is 0 Å². The molecule has 0 aliphatic carbocycles. The SMILES string of the molecule is CCS(=O)(=O)c1ccc([C@H](CO)NC(=O)c2nc(C(C)(C)C)n(Cc3cccc(C(O)C(F)(F)F)c3C(F)(F)F)c2C)cc1. The van der Waals surface area contributed by atoms with E-state index in [2.05, 4.69) is 10.3 Å². The number of aliphatic hydroxyl groups is 2. The Kier molecular flexibility index (Phi) is 9.97. The summed E-state index contributed by atoms with van der Waals surface area (Å²) in [5.41, 5.74) is -4.13. The molecule has 1 amide bonds. The van der Waals surface area contributed by atoms with Crippen molar-refractivity contribution in [3.63, 3.8) is 0 Å². The molecule has 15 heteroatoms. The van der Waals surface area contributed by atoms with Gasteiger partial charge in [0.15, 0.2) is 15.9 Å². The zero-order chi connectivity index (χ0) is 33.4. The van der Waals surface area contributed by atoms with Crippen molar-refractivity contribution in [2.24, 2.45) is 0 Å². The van der Waals surface area contributed by atoms with Crippen molar-refractivity contribution in [3.05, 3.63) is 81.9 Å². The van der Waals surface area contributed by atoms with Gasteiger partial charge in [0.2, 0.25) is 0 Å². The van der Waals surface area contributed by atoms with E-state index < -0.39 is 75.5 Å². The third-order valence-corrected chi connectivity index (χ3v) is 8.77. The summed E-state index contributed by atoms with van der Waals surface area (Å²) in [6.45, 7) is 6.75. The number of nitrogens with zero attached hydrogens (tertiary/aromatic N) is 2. The summed E-state index contributed by atoms with van der Waals surface area (Å²) >= 11 is 0. The van der Waals surface area contributed by atoms with Crippen LogP contribution in [0.25, 0.3) is 0 Å². The fourth-order valence-corrected chi connectivity index (χ4v) is 5.61. The number of alkyl halides is 6.